The molecule has 0 unspecified atom stereocenters. The van der Waals surface area contributed by atoms with Crippen LogP contribution in [0.3, 0.4) is 0 Å². The lowest BCUT2D eigenvalue weighted by atomic mass is 10.2. The minimum atomic E-state index is -3.10. The average Bonchev–Trinajstić information content (AvgIpc) is 2.57. The molecule has 0 amide bonds. The molecule has 5 heteroatoms. The third-order valence-corrected chi connectivity index (χ3v) is 4.53. The first-order chi connectivity index (χ1) is 7.94. The van der Waals surface area contributed by atoms with Crippen LogP contribution in [0.2, 0.25) is 0 Å². The van der Waals surface area contributed by atoms with E-state index >= 15 is 0 Å². The van der Waals surface area contributed by atoms with Gasteiger partial charge in [-0.05, 0) is 12.1 Å². The summed E-state index contributed by atoms with van der Waals surface area (Å²) in [4.78, 5) is 0. The molecule has 0 bridgehead atoms. The molecule has 0 saturated carbocycles. The summed E-state index contributed by atoms with van der Waals surface area (Å²) in [7, 11) is -1.41. The van der Waals surface area contributed by atoms with Gasteiger partial charge in [-0.3, -0.25) is 0 Å². The highest BCUT2D eigenvalue weighted by atomic mass is 32.2. The van der Waals surface area contributed by atoms with E-state index in [0.29, 0.717) is 11.2 Å². The van der Waals surface area contributed by atoms with Gasteiger partial charge in [0.2, 0.25) is 0 Å². The van der Waals surface area contributed by atoms with Crippen molar-refractivity contribution in [3.63, 3.8) is 0 Å². The van der Waals surface area contributed by atoms with Crippen LogP contribution < -0.4 is 0 Å². The summed E-state index contributed by atoms with van der Waals surface area (Å²) in [6.45, 7) is 1.61. The van der Waals surface area contributed by atoms with Gasteiger partial charge in [0.1, 0.15) is 5.82 Å². The first-order valence-corrected chi connectivity index (χ1v) is 7.20. The number of rotatable bonds is 3. The smallest absolute Gasteiger partial charge is 0.155 e. The van der Waals surface area contributed by atoms with E-state index in [9.17, 15) is 12.8 Å². The third kappa shape index (κ3) is 2.20. The first-order valence-electron chi connectivity index (χ1n) is 5.38. The largest absolute Gasteiger partial charge is 0.344 e. The Morgan fingerprint density at radius 3 is 2.65 bits per heavy atom. The molecule has 0 aliphatic rings. The van der Waals surface area contributed by atoms with Crippen molar-refractivity contribution in [2.24, 2.45) is 7.05 Å². The zero-order valence-corrected chi connectivity index (χ0v) is 10.6. The number of halogens is 1. The van der Waals surface area contributed by atoms with E-state index in [1.54, 1.807) is 36.7 Å². The number of hydrogen-bond donors (Lipinski definition) is 0. The second-order valence-electron chi connectivity index (χ2n) is 4.05. The van der Waals surface area contributed by atoms with Crippen molar-refractivity contribution >= 4 is 20.7 Å². The molecule has 0 spiro atoms. The van der Waals surface area contributed by atoms with Crippen molar-refractivity contribution in [3.8, 4) is 0 Å². The molecule has 1 aromatic carbocycles. The number of aromatic nitrogens is 1. The molecule has 0 aliphatic heterocycles. The van der Waals surface area contributed by atoms with Gasteiger partial charge in [0.25, 0.3) is 0 Å². The minimum Gasteiger partial charge on any atom is -0.344 e. The number of nitrogens with zero attached hydrogens (tertiary/aromatic N) is 1. The van der Waals surface area contributed by atoms with Gasteiger partial charge in [-0.25, -0.2) is 12.8 Å². The SMILES string of the molecule is CCS(=O)(=O)Cc1cc2cccc(F)c2n1C. The van der Waals surface area contributed by atoms with Gasteiger partial charge in [-0.2, -0.15) is 0 Å². The third-order valence-electron chi connectivity index (χ3n) is 2.91. The van der Waals surface area contributed by atoms with E-state index in [1.165, 1.54) is 6.07 Å². The molecule has 0 saturated heterocycles. The maximum atomic E-state index is 13.6. The predicted octanol–water partition coefficient (Wildman–Crippen LogP) is 2.25. The predicted molar refractivity (Wildman–Crippen MR) is 66.0 cm³/mol. The summed E-state index contributed by atoms with van der Waals surface area (Å²) < 4.78 is 38.4. The van der Waals surface area contributed by atoms with Crippen LogP contribution in [-0.4, -0.2) is 18.7 Å². The van der Waals surface area contributed by atoms with Gasteiger partial charge in [0.05, 0.1) is 11.3 Å². The second-order valence-corrected chi connectivity index (χ2v) is 6.40. The van der Waals surface area contributed by atoms with Crippen LogP contribution in [0.25, 0.3) is 10.9 Å². The van der Waals surface area contributed by atoms with Crippen LogP contribution in [0.1, 0.15) is 12.6 Å². The Hall–Kier alpha value is -1.36. The molecular weight excluding hydrogens is 241 g/mol. The highest BCUT2D eigenvalue weighted by Gasteiger charge is 2.15. The first kappa shape index (κ1) is 12.1. The van der Waals surface area contributed by atoms with Crippen LogP contribution in [0.4, 0.5) is 4.39 Å². The second kappa shape index (κ2) is 4.14. The fourth-order valence-electron chi connectivity index (χ4n) is 1.89. The van der Waals surface area contributed by atoms with Crippen molar-refractivity contribution in [2.75, 3.05) is 5.75 Å². The number of benzene rings is 1. The summed E-state index contributed by atoms with van der Waals surface area (Å²) in [5.41, 5.74) is 1.07. The molecule has 2 aromatic rings. The molecule has 0 aliphatic carbocycles. The van der Waals surface area contributed by atoms with Gasteiger partial charge < -0.3 is 4.57 Å². The number of para-hydroxylation sites is 1. The molecule has 0 radical (unpaired) electrons. The molecule has 92 valence electrons. The van der Waals surface area contributed by atoms with Gasteiger partial charge in [0, 0.05) is 23.9 Å². The van der Waals surface area contributed by atoms with Crippen molar-refractivity contribution in [1.29, 1.82) is 0 Å². The Morgan fingerprint density at radius 1 is 1.35 bits per heavy atom. The van der Waals surface area contributed by atoms with E-state index in [2.05, 4.69) is 0 Å². The standard InChI is InChI=1S/C12H14FNO2S/c1-3-17(15,16)8-10-7-9-5-4-6-11(13)12(9)14(10)2/h4-7H,3,8H2,1-2H3. The summed E-state index contributed by atoms with van der Waals surface area (Å²) in [6, 6.07) is 6.50. The van der Waals surface area contributed by atoms with Crippen LogP contribution in [-0.2, 0) is 22.6 Å². The highest BCUT2D eigenvalue weighted by Crippen LogP contribution is 2.22. The summed E-state index contributed by atoms with van der Waals surface area (Å²) in [6.07, 6.45) is 0. The zero-order chi connectivity index (χ0) is 12.6. The Balaban J connectivity index is 2.58. The number of hydrogen-bond acceptors (Lipinski definition) is 2. The fourth-order valence-corrected chi connectivity index (χ4v) is 2.82. The summed E-state index contributed by atoms with van der Waals surface area (Å²) in [5.74, 6) is -0.282. The Labute approximate surface area is 99.8 Å². The van der Waals surface area contributed by atoms with E-state index in [0.717, 1.165) is 5.39 Å². The normalized spacial score (nSPS) is 12.2. The zero-order valence-electron chi connectivity index (χ0n) is 9.77. The lowest BCUT2D eigenvalue weighted by molar-refractivity contribution is 0.594. The van der Waals surface area contributed by atoms with Crippen LogP contribution >= 0.6 is 0 Å². The number of aryl methyl sites for hydroxylation is 1. The van der Waals surface area contributed by atoms with E-state index in [-0.39, 0.29) is 17.3 Å². The Morgan fingerprint density at radius 2 is 2.06 bits per heavy atom. The lowest BCUT2D eigenvalue weighted by Crippen LogP contribution is -2.09. The molecule has 0 atom stereocenters. The molecule has 17 heavy (non-hydrogen) atoms. The molecular formula is C12H14FNO2S. The Kier molecular flexibility index (Phi) is 2.95. The van der Waals surface area contributed by atoms with E-state index in [1.807, 2.05) is 0 Å². The van der Waals surface area contributed by atoms with Gasteiger partial charge in [0.15, 0.2) is 9.84 Å². The lowest BCUT2D eigenvalue weighted by Gasteiger charge is -2.04. The van der Waals surface area contributed by atoms with Gasteiger partial charge in [-0.15, -0.1) is 0 Å². The molecule has 1 aromatic heterocycles. The molecule has 0 N–H and O–H groups in total. The maximum absolute atomic E-state index is 13.6. The van der Waals surface area contributed by atoms with Crippen molar-refractivity contribution < 1.29 is 12.8 Å². The van der Waals surface area contributed by atoms with E-state index in [4.69, 9.17) is 0 Å². The van der Waals surface area contributed by atoms with Crippen molar-refractivity contribution in [3.05, 3.63) is 35.8 Å². The van der Waals surface area contributed by atoms with Gasteiger partial charge in [-0.1, -0.05) is 19.1 Å². The van der Waals surface area contributed by atoms with Crippen LogP contribution in [0.15, 0.2) is 24.3 Å². The minimum absolute atomic E-state index is 0.0475. The average molecular weight is 255 g/mol. The number of fused-ring (bicyclic) bond motifs is 1. The maximum Gasteiger partial charge on any atom is 0.155 e. The van der Waals surface area contributed by atoms with Crippen LogP contribution in [0.5, 0.6) is 0 Å². The Bertz CT molecular complexity index is 658. The van der Waals surface area contributed by atoms with Gasteiger partial charge >= 0.3 is 0 Å². The number of sulfone groups is 1. The molecule has 3 nitrogen and oxygen atoms in total. The molecule has 1 heterocycles. The highest BCUT2D eigenvalue weighted by molar-refractivity contribution is 7.90. The fraction of sp³-hybridized carbons (Fsp3) is 0.333. The molecule has 0 fully saturated rings. The van der Waals surface area contributed by atoms with Crippen LogP contribution in [0, 0.1) is 5.82 Å². The monoisotopic (exact) mass is 255 g/mol. The quantitative estimate of drug-likeness (QED) is 0.843. The molecule has 2 rings (SSSR count). The van der Waals surface area contributed by atoms with Crippen molar-refractivity contribution in [1.82, 2.24) is 4.57 Å². The van der Waals surface area contributed by atoms with E-state index < -0.39 is 9.84 Å². The summed E-state index contributed by atoms with van der Waals surface area (Å²) >= 11 is 0. The van der Waals surface area contributed by atoms with Crippen molar-refractivity contribution in [2.45, 2.75) is 12.7 Å². The topological polar surface area (TPSA) is 39.1 Å². The summed E-state index contributed by atoms with van der Waals surface area (Å²) in [5, 5.41) is 0.730.